The maximum absolute atomic E-state index is 12.9. The van der Waals surface area contributed by atoms with Gasteiger partial charge in [0.2, 0.25) is 0 Å². The molecule has 0 aliphatic carbocycles. The highest BCUT2D eigenvalue weighted by atomic mass is 32.1. The first-order valence-electron chi connectivity index (χ1n) is 4.74. The summed E-state index contributed by atoms with van der Waals surface area (Å²) >= 11 is 1.29. The molecule has 3 nitrogen and oxygen atoms in total. The first-order valence-corrected chi connectivity index (χ1v) is 5.56. The molecule has 0 bridgehead atoms. The van der Waals surface area contributed by atoms with Crippen LogP contribution in [-0.2, 0) is 0 Å². The lowest BCUT2D eigenvalue weighted by Crippen LogP contribution is -2.12. The Morgan fingerprint density at radius 3 is 2.47 bits per heavy atom. The SMILES string of the molecule is Cc1cnc(NC(=O)c2cc(F)cc(F)c2)s1. The monoisotopic (exact) mass is 254 g/mol. The minimum Gasteiger partial charge on any atom is -0.298 e. The van der Waals surface area contributed by atoms with Crippen LogP contribution in [0.3, 0.4) is 0 Å². The molecule has 0 unspecified atom stereocenters. The second kappa shape index (κ2) is 4.58. The molecule has 2 rings (SSSR count). The van der Waals surface area contributed by atoms with Gasteiger partial charge in [0.25, 0.3) is 5.91 Å². The van der Waals surface area contributed by atoms with Gasteiger partial charge in [0, 0.05) is 22.7 Å². The molecule has 0 atom stereocenters. The third-order valence-electron chi connectivity index (χ3n) is 1.97. The highest BCUT2D eigenvalue weighted by Gasteiger charge is 2.10. The number of carbonyl (C=O) groups excluding carboxylic acids is 1. The fraction of sp³-hybridized carbons (Fsp3) is 0.0909. The third-order valence-corrected chi connectivity index (χ3v) is 2.79. The van der Waals surface area contributed by atoms with Crippen molar-refractivity contribution in [3.05, 3.63) is 46.5 Å². The zero-order valence-corrected chi connectivity index (χ0v) is 9.65. The summed E-state index contributed by atoms with van der Waals surface area (Å²) in [6.45, 7) is 1.84. The number of aryl methyl sites for hydroxylation is 1. The van der Waals surface area contributed by atoms with Crippen LogP contribution < -0.4 is 5.32 Å². The average molecular weight is 254 g/mol. The van der Waals surface area contributed by atoms with E-state index in [9.17, 15) is 13.6 Å². The molecule has 1 heterocycles. The van der Waals surface area contributed by atoms with E-state index in [1.54, 1.807) is 6.20 Å². The van der Waals surface area contributed by atoms with E-state index < -0.39 is 17.5 Å². The van der Waals surface area contributed by atoms with Crippen molar-refractivity contribution >= 4 is 22.4 Å². The predicted molar refractivity (Wildman–Crippen MR) is 61.2 cm³/mol. The third kappa shape index (κ3) is 2.85. The maximum Gasteiger partial charge on any atom is 0.257 e. The van der Waals surface area contributed by atoms with E-state index in [0.717, 1.165) is 17.0 Å². The summed E-state index contributed by atoms with van der Waals surface area (Å²) in [5, 5.41) is 2.87. The standard InChI is InChI=1S/C11H8F2N2OS/c1-6-5-14-11(17-6)15-10(16)7-2-8(12)4-9(13)3-7/h2-5H,1H3,(H,14,15,16). The Hall–Kier alpha value is -1.82. The van der Waals surface area contributed by atoms with Gasteiger partial charge in [0.15, 0.2) is 5.13 Å². The Labute approximate surface area is 100 Å². The number of halogens is 2. The first-order chi connectivity index (χ1) is 8.04. The highest BCUT2D eigenvalue weighted by molar-refractivity contribution is 7.15. The highest BCUT2D eigenvalue weighted by Crippen LogP contribution is 2.18. The number of carbonyl (C=O) groups is 1. The smallest absolute Gasteiger partial charge is 0.257 e. The summed E-state index contributed by atoms with van der Waals surface area (Å²) in [4.78, 5) is 16.5. The molecule has 0 radical (unpaired) electrons. The van der Waals surface area contributed by atoms with Crippen molar-refractivity contribution in [3.63, 3.8) is 0 Å². The number of rotatable bonds is 2. The average Bonchev–Trinajstić information content (AvgIpc) is 2.62. The van der Waals surface area contributed by atoms with Crippen molar-refractivity contribution in [2.24, 2.45) is 0 Å². The Bertz CT molecular complexity index is 548. The van der Waals surface area contributed by atoms with Crippen LogP contribution in [0, 0.1) is 18.6 Å². The van der Waals surface area contributed by atoms with Gasteiger partial charge in [-0.2, -0.15) is 0 Å². The summed E-state index contributed by atoms with van der Waals surface area (Å²) in [6.07, 6.45) is 1.60. The molecule has 0 fully saturated rings. The summed E-state index contributed by atoms with van der Waals surface area (Å²) < 4.78 is 25.8. The number of nitrogens with zero attached hydrogens (tertiary/aromatic N) is 1. The van der Waals surface area contributed by atoms with Crippen LogP contribution in [0.2, 0.25) is 0 Å². The molecule has 1 amide bonds. The van der Waals surface area contributed by atoms with E-state index in [-0.39, 0.29) is 5.56 Å². The van der Waals surface area contributed by atoms with Gasteiger partial charge in [-0.1, -0.05) is 0 Å². The Balaban J connectivity index is 2.19. The van der Waals surface area contributed by atoms with Gasteiger partial charge < -0.3 is 0 Å². The van der Waals surface area contributed by atoms with Crippen molar-refractivity contribution in [2.45, 2.75) is 6.92 Å². The van der Waals surface area contributed by atoms with Gasteiger partial charge in [-0.15, -0.1) is 11.3 Å². The molecule has 1 aromatic carbocycles. The van der Waals surface area contributed by atoms with E-state index in [2.05, 4.69) is 10.3 Å². The lowest BCUT2D eigenvalue weighted by molar-refractivity contribution is 0.102. The normalized spacial score (nSPS) is 10.3. The molecule has 0 aliphatic heterocycles. The van der Waals surface area contributed by atoms with Gasteiger partial charge >= 0.3 is 0 Å². The number of aromatic nitrogens is 1. The lowest BCUT2D eigenvalue weighted by atomic mass is 10.2. The zero-order valence-electron chi connectivity index (χ0n) is 8.83. The molecule has 1 aromatic heterocycles. The van der Waals surface area contributed by atoms with Crippen molar-refractivity contribution in [2.75, 3.05) is 5.32 Å². The molecule has 6 heteroatoms. The van der Waals surface area contributed by atoms with Gasteiger partial charge in [-0.25, -0.2) is 13.8 Å². The first kappa shape index (κ1) is 11.7. The molecule has 0 saturated carbocycles. The molecular weight excluding hydrogens is 246 g/mol. The summed E-state index contributed by atoms with van der Waals surface area (Å²) in [5.41, 5.74) is -0.0737. The van der Waals surface area contributed by atoms with E-state index in [1.165, 1.54) is 11.3 Å². The van der Waals surface area contributed by atoms with Crippen LogP contribution in [0.5, 0.6) is 0 Å². The minimum absolute atomic E-state index is 0.0737. The van der Waals surface area contributed by atoms with Crippen LogP contribution in [-0.4, -0.2) is 10.9 Å². The second-order valence-electron chi connectivity index (χ2n) is 3.39. The fourth-order valence-electron chi connectivity index (χ4n) is 1.27. The van der Waals surface area contributed by atoms with Gasteiger partial charge in [0.05, 0.1) is 0 Å². The fourth-order valence-corrected chi connectivity index (χ4v) is 1.93. The van der Waals surface area contributed by atoms with Crippen LogP contribution in [0.25, 0.3) is 0 Å². The molecule has 0 spiro atoms. The summed E-state index contributed by atoms with van der Waals surface area (Å²) in [7, 11) is 0. The zero-order chi connectivity index (χ0) is 12.4. The van der Waals surface area contributed by atoms with E-state index in [0.29, 0.717) is 11.2 Å². The Kier molecular flexibility index (Phi) is 3.14. The van der Waals surface area contributed by atoms with E-state index in [1.807, 2.05) is 6.92 Å². The topological polar surface area (TPSA) is 42.0 Å². The van der Waals surface area contributed by atoms with Crippen molar-refractivity contribution < 1.29 is 13.6 Å². The number of amides is 1. The van der Waals surface area contributed by atoms with Crippen molar-refractivity contribution in [3.8, 4) is 0 Å². The van der Waals surface area contributed by atoms with Gasteiger partial charge in [-0.3, -0.25) is 10.1 Å². The predicted octanol–water partition coefficient (Wildman–Crippen LogP) is 2.98. The number of benzene rings is 1. The summed E-state index contributed by atoms with van der Waals surface area (Å²) in [5.74, 6) is -2.16. The van der Waals surface area contributed by atoms with Crippen LogP contribution in [0.4, 0.5) is 13.9 Å². The quantitative estimate of drug-likeness (QED) is 0.895. The number of nitrogens with one attached hydrogen (secondary N) is 1. The van der Waals surface area contributed by atoms with Crippen LogP contribution in [0.15, 0.2) is 24.4 Å². The minimum atomic E-state index is -0.787. The Morgan fingerprint density at radius 1 is 1.29 bits per heavy atom. The molecule has 17 heavy (non-hydrogen) atoms. The van der Waals surface area contributed by atoms with Crippen LogP contribution in [0.1, 0.15) is 15.2 Å². The number of thiazole rings is 1. The van der Waals surface area contributed by atoms with Crippen molar-refractivity contribution in [1.29, 1.82) is 0 Å². The number of hydrogen-bond acceptors (Lipinski definition) is 3. The molecule has 0 aliphatic rings. The van der Waals surface area contributed by atoms with Crippen LogP contribution >= 0.6 is 11.3 Å². The molecule has 2 aromatic rings. The van der Waals surface area contributed by atoms with Gasteiger partial charge in [-0.05, 0) is 19.1 Å². The molecule has 0 saturated heterocycles. The second-order valence-corrected chi connectivity index (χ2v) is 4.62. The molecular formula is C11H8F2N2OS. The lowest BCUT2D eigenvalue weighted by Gasteiger charge is -2.02. The maximum atomic E-state index is 12.9. The van der Waals surface area contributed by atoms with E-state index >= 15 is 0 Å². The number of hydrogen-bond donors (Lipinski definition) is 1. The Morgan fingerprint density at radius 2 is 1.94 bits per heavy atom. The molecule has 88 valence electrons. The van der Waals surface area contributed by atoms with Gasteiger partial charge in [0.1, 0.15) is 11.6 Å². The molecule has 1 N–H and O–H groups in total. The summed E-state index contributed by atoms with van der Waals surface area (Å²) in [6, 6.07) is 2.65. The largest absolute Gasteiger partial charge is 0.298 e. The van der Waals surface area contributed by atoms with Crippen molar-refractivity contribution in [1.82, 2.24) is 4.98 Å². The number of anilines is 1. The van der Waals surface area contributed by atoms with E-state index in [4.69, 9.17) is 0 Å².